The van der Waals surface area contributed by atoms with E-state index in [1.807, 2.05) is 0 Å². The number of nitrogens with one attached hydrogen (secondary N) is 1. The SMILES string of the molecule is NS(=O)(=O)c1c(Cl)cccc1NC(=O)CCCCl. The highest BCUT2D eigenvalue weighted by atomic mass is 35.5. The predicted molar refractivity (Wildman–Crippen MR) is 71.4 cm³/mol. The first-order valence-corrected chi connectivity index (χ1v) is 7.49. The number of amides is 1. The first-order valence-electron chi connectivity index (χ1n) is 5.03. The van der Waals surface area contributed by atoms with Crippen molar-refractivity contribution in [3.63, 3.8) is 0 Å². The van der Waals surface area contributed by atoms with Crippen molar-refractivity contribution in [2.45, 2.75) is 17.7 Å². The lowest BCUT2D eigenvalue weighted by atomic mass is 10.3. The van der Waals surface area contributed by atoms with Crippen LogP contribution in [0.15, 0.2) is 23.1 Å². The van der Waals surface area contributed by atoms with Crippen molar-refractivity contribution in [3.8, 4) is 0 Å². The van der Waals surface area contributed by atoms with Gasteiger partial charge in [-0.3, -0.25) is 4.79 Å². The number of rotatable bonds is 5. The van der Waals surface area contributed by atoms with Gasteiger partial charge in [0.05, 0.1) is 10.7 Å². The van der Waals surface area contributed by atoms with Crippen LogP contribution in [-0.4, -0.2) is 20.2 Å². The molecule has 1 aromatic rings. The van der Waals surface area contributed by atoms with Crippen LogP contribution in [0.3, 0.4) is 0 Å². The van der Waals surface area contributed by atoms with Gasteiger partial charge in [0.2, 0.25) is 15.9 Å². The summed E-state index contributed by atoms with van der Waals surface area (Å²) in [4.78, 5) is 11.2. The molecule has 0 radical (unpaired) electrons. The lowest BCUT2D eigenvalue weighted by Crippen LogP contribution is -2.18. The van der Waals surface area contributed by atoms with Crippen LogP contribution < -0.4 is 10.5 Å². The second-order valence-corrected chi connectivity index (χ2v) is 5.79. The summed E-state index contributed by atoms with van der Waals surface area (Å²) in [5.41, 5.74) is 0.0737. The second-order valence-electron chi connectivity index (χ2n) is 3.50. The third-order valence-electron chi connectivity index (χ3n) is 2.06. The number of sulfonamides is 1. The number of alkyl halides is 1. The minimum Gasteiger partial charge on any atom is -0.325 e. The molecule has 1 rings (SSSR count). The normalized spacial score (nSPS) is 11.3. The molecule has 18 heavy (non-hydrogen) atoms. The lowest BCUT2D eigenvalue weighted by molar-refractivity contribution is -0.116. The maximum atomic E-state index is 11.5. The molecule has 0 aliphatic heterocycles. The van der Waals surface area contributed by atoms with Gasteiger partial charge in [0.1, 0.15) is 4.90 Å². The van der Waals surface area contributed by atoms with Gasteiger partial charge in [-0.1, -0.05) is 17.7 Å². The highest BCUT2D eigenvalue weighted by Crippen LogP contribution is 2.28. The largest absolute Gasteiger partial charge is 0.325 e. The number of carbonyl (C=O) groups is 1. The molecule has 0 aliphatic carbocycles. The Hall–Kier alpha value is -0.820. The van der Waals surface area contributed by atoms with Gasteiger partial charge in [0.25, 0.3) is 0 Å². The van der Waals surface area contributed by atoms with Gasteiger partial charge in [-0.25, -0.2) is 13.6 Å². The molecule has 100 valence electrons. The molecule has 3 N–H and O–H groups in total. The zero-order valence-electron chi connectivity index (χ0n) is 9.32. The molecule has 0 saturated carbocycles. The summed E-state index contributed by atoms with van der Waals surface area (Å²) in [5.74, 6) is 0.00758. The number of nitrogens with two attached hydrogens (primary N) is 1. The predicted octanol–water partition coefficient (Wildman–Crippen LogP) is 1.94. The first-order chi connectivity index (χ1) is 8.36. The van der Waals surface area contributed by atoms with Crippen molar-refractivity contribution in [3.05, 3.63) is 23.2 Å². The van der Waals surface area contributed by atoms with E-state index in [9.17, 15) is 13.2 Å². The summed E-state index contributed by atoms with van der Waals surface area (Å²) >= 11 is 11.2. The van der Waals surface area contributed by atoms with Crippen molar-refractivity contribution in [2.24, 2.45) is 5.14 Å². The van der Waals surface area contributed by atoms with Gasteiger partial charge in [-0.2, -0.15) is 0 Å². The van der Waals surface area contributed by atoms with E-state index in [4.69, 9.17) is 28.3 Å². The molecule has 8 heteroatoms. The highest BCUT2D eigenvalue weighted by Gasteiger charge is 2.19. The molecule has 1 aromatic carbocycles. The average Bonchev–Trinajstić information content (AvgIpc) is 2.24. The maximum Gasteiger partial charge on any atom is 0.241 e. The fourth-order valence-electron chi connectivity index (χ4n) is 1.34. The number of benzene rings is 1. The van der Waals surface area contributed by atoms with Crippen LogP contribution in [0.25, 0.3) is 0 Å². The monoisotopic (exact) mass is 310 g/mol. The van der Waals surface area contributed by atoms with Gasteiger partial charge in [-0.05, 0) is 18.6 Å². The molecule has 0 aliphatic rings. The van der Waals surface area contributed by atoms with Crippen LogP contribution in [0.5, 0.6) is 0 Å². The number of halogens is 2. The van der Waals surface area contributed by atoms with Crippen molar-refractivity contribution in [2.75, 3.05) is 11.2 Å². The van der Waals surface area contributed by atoms with Crippen molar-refractivity contribution in [1.29, 1.82) is 0 Å². The van der Waals surface area contributed by atoms with Crippen LogP contribution in [0, 0.1) is 0 Å². The molecule has 0 bridgehead atoms. The van der Waals surface area contributed by atoms with E-state index in [0.717, 1.165) is 0 Å². The zero-order valence-corrected chi connectivity index (χ0v) is 11.6. The van der Waals surface area contributed by atoms with Crippen molar-refractivity contribution >= 4 is 44.8 Å². The lowest BCUT2D eigenvalue weighted by Gasteiger charge is -2.10. The molecule has 0 unspecified atom stereocenters. The highest BCUT2D eigenvalue weighted by molar-refractivity contribution is 7.89. The smallest absolute Gasteiger partial charge is 0.241 e. The fraction of sp³-hybridized carbons (Fsp3) is 0.300. The Kier molecular flexibility index (Phi) is 5.40. The molecule has 0 heterocycles. The van der Waals surface area contributed by atoms with E-state index >= 15 is 0 Å². The summed E-state index contributed by atoms with van der Waals surface area (Å²) < 4.78 is 22.8. The molecule has 0 saturated heterocycles. The van der Waals surface area contributed by atoms with Crippen LogP contribution in [0.1, 0.15) is 12.8 Å². The summed E-state index contributed by atoms with van der Waals surface area (Å²) in [7, 11) is -4.00. The minimum atomic E-state index is -4.00. The topological polar surface area (TPSA) is 89.3 Å². The zero-order chi connectivity index (χ0) is 13.8. The van der Waals surface area contributed by atoms with Crippen LogP contribution in [0.4, 0.5) is 5.69 Å². The molecule has 0 fully saturated rings. The summed E-state index contributed by atoms with van der Waals surface area (Å²) in [5, 5.41) is 7.47. The van der Waals surface area contributed by atoms with E-state index in [0.29, 0.717) is 12.3 Å². The van der Waals surface area contributed by atoms with E-state index in [2.05, 4.69) is 5.32 Å². The van der Waals surface area contributed by atoms with Gasteiger partial charge in [0.15, 0.2) is 0 Å². The number of hydrogen-bond donors (Lipinski definition) is 2. The number of primary sulfonamides is 1. The standard InChI is InChI=1S/C10H12Cl2N2O3S/c11-6-2-5-9(15)14-8-4-1-3-7(12)10(8)18(13,16)17/h1,3-4H,2,5-6H2,(H,14,15)(H2,13,16,17). The Morgan fingerprint density at radius 2 is 2.06 bits per heavy atom. The first kappa shape index (κ1) is 15.2. The van der Waals surface area contributed by atoms with Gasteiger partial charge >= 0.3 is 0 Å². The van der Waals surface area contributed by atoms with Gasteiger partial charge in [0, 0.05) is 12.3 Å². The third kappa shape index (κ3) is 4.13. The maximum absolute atomic E-state index is 11.5. The molecular weight excluding hydrogens is 299 g/mol. The number of carbonyl (C=O) groups excluding carboxylic acids is 1. The molecular formula is C10H12Cl2N2O3S. The Morgan fingerprint density at radius 1 is 1.39 bits per heavy atom. The Balaban J connectivity index is 3.03. The third-order valence-corrected chi connectivity index (χ3v) is 3.77. The van der Waals surface area contributed by atoms with Crippen LogP contribution >= 0.6 is 23.2 Å². The Labute approximate surface area is 115 Å². The second kappa shape index (κ2) is 6.38. The number of hydrogen-bond acceptors (Lipinski definition) is 3. The summed E-state index contributed by atoms with van der Waals surface area (Å²) in [6.45, 7) is 0. The molecule has 0 spiro atoms. The number of anilines is 1. The van der Waals surface area contributed by atoms with Crippen molar-refractivity contribution in [1.82, 2.24) is 0 Å². The molecule has 5 nitrogen and oxygen atoms in total. The van der Waals surface area contributed by atoms with E-state index in [1.165, 1.54) is 18.2 Å². The van der Waals surface area contributed by atoms with Crippen molar-refractivity contribution < 1.29 is 13.2 Å². The molecule has 0 atom stereocenters. The van der Waals surface area contributed by atoms with Crippen LogP contribution in [0.2, 0.25) is 5.02 Å². The van der Waals surface area contributed by atoms with Gasteiger partial charge < -0.3 is 5.32 Å². The Bertz CT molecular complexity index is 546. The van der Waals surface area contributed by atoms with E-state index in [1.54, 1.807) is 0 Å². The quantitative estimate of drug-likeness (QED) is 0.814. The molecule has 1 amide bonds. The average molecular weight is 311 g/mol. The summed E-state index contributed by atoms with van der Waals surface area (Å²) in [6, 6.07) is 4.33. The minimum absolute atomic E-state index is 0.0346. The molecule has 0 aromatic heterocycles. The van der Waals surface area contributed by atoms with E-state index in [-0.39, 0.29) is 27.9 Å². The van der Waals surface area contributed by atoms with Crippen LogP contribution in [-0.2, 0) is 14.8 Å². The Morgan fingerprint density at radius 3 is 2.61 bits per heavy atom. The van der Waals surface area contributed by atoms with Gasteiger partial charge in [-0.15, -0.1) is 11.6 Å². The fourth-order valence-corrected chi connectivity index (χ4v) is 2.73. The summed E-state index contributed by atoms with van der Waals surface area (Å²) in [6.07, 6.45) is 0.693. The van der Waals surface area contributed by atoms with E-state index < -0.39 is 10.0 Å².